The summed E-state index contributed by atoms with van der Waals surface area (Å²) in [5.41, 5.74) is 19.1. The van der Waals surface area contributed by atoms with E-state index in [2.05, 4.69) is 252 Å². The minimum Gasteiger partial charge on any atom is -0.309 e. The molecule has 0 aliphatic heterocycles. The van der Waals surface area contributed by atoms with Crippen LogP contribution in [0.15, 0.2) is 243 Å². The summed E-state index contributed by atoms with van der Waals surface area (Å²) in [6.45, 7) is 0. The third-order valence-electron chi connectivity index (χ3n) is 12.6. The van der Waals surface area contributed by atoms with Crippen molar-refractivity contribution in [1.29, 1.82) is 0 Å². The SMILES string of the molecule is c1ccc(-c2ccccc2-c2ccc3c(c2)c2cc(-c4ccccc4-c4ccccc4)ccc2n3-c2ccccc2-c2ccc3c(c2)c2ccccc2n3-c2ccccc2)cc1. The molecule has 0 aliphatic carbocycles. The Labute approximate surface area is 360 Å². The Kier molecular flexibility index (Phi) is 8.53. The monoisotopic (exact) mass is 788 g/mol. The van der Waals surface area contributed by atoms with Gasteiger partial charge in [-0.3, -0.25) is 0 Å². The maximum absolute atomic E-state index is 2.48. The first-order valence-corrected chi connectivity index (χ1v) is 21.3. The van der Waals surface area contributed by atoms with E-state index in [1.54, 1.807) is 0 Å². The molecule has 10 aromatic carbocycles. The smallest absolute Gasteiger partial charge is 0.0541 e. The van der Waals surface area contributed by atoms with Crippen LogP contribution in [0.4, 0.5) is 0 Å². The molecule has 0 unspecified atom stereocenters. The van der Waals surface area contributed by atoms with Gasteiger partial charge in [0.2, 0.25) is 0 Å². The maximum atomic E-state index is 2.48. The van der Waals surface area contributed by atoms with Crippen molar-refractivity contribution in [2.45, 2.75) is 0 Å². The van der Waals surface area contributed by atoms with Crippen LogP contribution in [0, 0.1) is 0 Å². The average molecular weight is 789 g/mol. The molecule has 0 N–H and O–H groups in total. The Morgan fingerprint density at radius 3 is 1.10 bits per heavy atom. The van der Waals surface area contributed by atoms with E-state index < -0.39 is 0 Å². The van der Waals surface area contributed by atoms with Crippen LogP contribution < -0.4 is 0 Å². The zero-order valence-corrected chi connectivity index (χ0v) is 34.0. The van der Waals surface area contributed by atoms with Gasteiger partial charge in [0.15, 0.2) is 0 Å². The van der Waals surface area contributed by atoms with Crippen LogP contribution in [0.3, 0.4) is 0 Å². The van der Waals surface area contributed by atoms with Gasteiger partial charge in [0.05, 0.1) is 27.8 Å². The second kappa shape index (κ2) is 14.8. The molecule has 2 heterocycles. The summed E-state index contributed by atoms with van der Waals surface area (Å²) < 4.78 is 4.87. The molecule has 0 aliphatic rings. The van der Waals surface area contributed by atoms with E-state index in [4.69, 9.17) is 0 Å². The molecule has 0 fully saturated rings. The first-order valence-electron chi connectivity index (χ1n) is 21.3. The number of aromatic nitrogens is 2. The number of rotatable bonds is 7. The second-order valence-corrected chi connectivity index (χ2v) is 16.1. The molecule has 12 aromatic rings. The van der Waals surface area contributed by atoms with Crippen LogP contribution in [0.5, 0.6) is 0 Å². The van der Waals surface area contributed by atoms with Gasteiger partial charge in [-0.25, -0.2) is 0 Å². The molecule has 290 valence electrons. The summed E-state index contributed by atoms with van der Waals surface area (Å²) in [6, 6.07) is 88.4. The van der Waals surface area contributed by atoms with Crippen molar-refractivity contribution in [3.05, 3.63) is 243 Å². The number of hydrogen-bond acceptors (Lipinski definition) is 0. The largest absolute Gasteiger partial charge is 0.309 e. The van der Waals surface area contributed by atoms with Crippen molar-refractivity contribution in [3.63, 3.8) is 0 Å². The Bertz CT molecular complexity index is 3470. The normalized spacial score (nSPS) is 11.5. The van der Waals surface area contributed by atoms with E-state index in [1.807, 2.05) is 0 Å². The topological polar surface area (TPSA) is 9.86 Å². The van der Waals surface area contributed by atoms with Crippen LogP contribution in [-0.4, -0.2) is 9.13 Å². The van der Waals surface area contributed by atoms with Crippen molar-refractivity contribution >= 4 is 43.6 Å². The van der Waals surface area contributed by atoms with Gasteiger partial charge in [0, 0.05) is 32.8 Å². The molecule has 62 heavy (non-hydrogen) atoms. The molecular formula is C60H40N2. The molecule has 0 spiro atoms. The lowest BCUT2D eigenvalue weighted by Gasteiger charge is -2.15. The standard InChI is InChI=1S/C60H40N2/c1-4-18-41(19-5-1)47-24-10-12-26-49(47)43-32-36-59-54(38-43)55-39-44(50-27-13-11-25-48(50)42-20-6-2-7-21-42)33-37-60(55)62(59)56-30-16-14-28-51(56)45-34-35-58-53(40-45)52-29-15-17-31-57(52)61(58)46-22-8-3-9-23-46/h1-40H. The number of hydrogen-bond donors (Lipinski definition) is 0. The highest BCUT2D eigenvalue weighted by Crippen LogP contribution is 2.43. The van der Waals surface area contributed by atoms with Gasteiger partial charge >= 0.3 is 0 Å². The Morgan fingerprint density at radius 1 is 0.210 bits per heavy atom. The van der Waals surface area contributed by atoms with E-state index >= 15 is 0 Å². The number of para-hydroxylation sites is 3. The molecule has 12 rings (SSSR count). The van der Waals surface area contributed by atoms with Gasteiger partial charge in [-0.2, -0.15) is 0 Å². The van der Waals surface area contributed by atoms with Crippen molar-refractivity contribution in [3.8, 4) is 67.0 Å². The number of nitrogens with zero attached hydrogens (tertiary/aromatic N) is 2. The van der Waals surface area contributed by atoms with Crippen LogP contribution in [-0.2, 0) is 0 Å². The predicted octanol–water partition coefficient (Wildman–Crippen LogP) is 16.2. The third-order valence-corrected chi connectivity index (χ3v) is 12.6. The highest BCUT2D eigenvalue weighted by molar-refractivity contribution is 6.14. The summed E-state index contributed by atoms with van der Waals surface area (Å²) in [5, 5.41) is 4.92. The van der Waals surface area contributed by atoms with Crippen LogP contribution in [0.2, 0.25) is 0 Å². The Balaban J connectivity index is 1.09. The van der Waals surface area contributed by atoms with Crippen LogP contribution >= 0.6 is 0 Å². The van der Waals surface area contributed by atoms with Gasteiger partial charge in [0.1, 0.15) is 0 Å². The van der Waals surface area contributed by atoms with Gasteiger partial charge in [-0.15, -0.1) is 0 Å². The highest BCUT2D eigenvalue weighted by Gasteiger charge is 2.20. The van der Waals surface area contributed by atoms with Crippen molar-refractivity contribution in [1.82, 2.24) is 9.13 Å². The van der Waals surface area contributed by atoms with E-state index in [-0.39, 0.29) is 0 Å². The number of fused-ring (bicyclic) bond motifs is 6. The Hall–Kier alpha value is -8.20. The molecule has 0 radical (unpaired) electrons. The minimum absolute atomic E-state index is 1.15. The zero-order valence-electron chi connectivity index (χ0n) is 34.0. The molecule has 2 nitrogen and oxygen atoms in total. The molecule has 0 saturated heterocycles. The molecule has 0 amide bonds. The van der Waals surface area contributed by atoms with Crippen LogP contribution in [0.25, 0.3) is 111 Å². The summed E-state index contributed by atoms with van der Waals surface area (Å²) in [5.74, 6) is 0. The fourth-order valence-corrected chi connectivity index (χ4v) is 9.73. The predicted molar refractivity (Wildman–Crippen MR) is 262 cm³/mol. The fraction of sp³-hybridized carbons (Fsp3) is 0. The molecule has 0 saturated carbocycles. The molecule has 0 bridgehead atoms. The lowest BCUT2D eigenvalue weighted by molar-refractivity contribution is 1.18. The molecular weight excluding hydrogens is 749 g/mol. The molecule has 2 heteroatoms. The zero-order chi connectivity index (χ0) is 41.0. The number of benzene rings is 10. The quantitative estimate of drug-likeness (QED) is 0.152. The van der Waals surface area contributed by atoms with E-state index in [9.17, 15) is 0 Å². The first-order chi connectivity index (χ1) is 30.8. The summed E-state index contributed by atoms with van der Waals surface area (Å²) in [7, 11) is 0. The summed E-state index contributed by atoms with van der Waals surface area (Å²) in [4.78, 5) is 0. The van der Waals surface area contributed by atoms with E-state index in [0.29, 0.717) is 0 Å². The fourth-order valence-electron chi connectivity index (χ4n) is 9.73. The minimum atomic E-state index is 1.15. The lowest BCUT2D eigenvalue weighted by atomic mass is 9.92. The van der Waals surface area contributed by atoms with Gasteiger partial charge in [-0.05, 0) is 111 Å². The second-order valence-electron chi connectivity index (χ2n) is 16.1. The van der Waals surface area contributed by atoms with Crippen LogP contribution in [0.1, 0.15) is 0 Å². The molecule has 2 aromatic heterocycles. The van der Waals surface area contributed by atoms with E-state index in [1.165, 1.54) is 99.2 Å². The van der Waals surface area contributed by atoms with Gasteiger partial charge in [0.25, 0.3) is 0 Å². The van der Waals surface area contributed by atoms with Gasteiger partial charge in [-0.1, -0.05) is 182 Å². The third kappa shape index (κ3) is 5.88. The molecule has 0 atom stereocenters. The highest BCUT2D eigenvalue weighted by atomic mass is 15.0. The maximum Gasteiger partial charge on any atom is 0.0541 e. The van der Waals surface area contributed by atoms with Gasteiger partial charge < -0.3 is 9.13 Å². The van der Waals surface area contributed by atoms with Crippen molar-refractivity contribution in [2.24, 2.45) is 0 Å². The van der Waals surface area contributed by atoms with Crippen molar-refractivity contribution in [2.75, 3.05) is 0 Å². The summed E-state index contributed by atoms with van der Waals surface area (Å²) >= 11 is 0. The Morgan fingerprint density at radius 2 is 0.565 bits per heavy atom. The first kappa shape index (κ1) is 35.7. The average Bonchev–Trinajstić information content (AvgIpc) is 3.86. The van der Waals surface area contributed by atoms with E-state index in [0.717, 1.165) is 11.4 Å². The van der Waals surface area contributed by atoms with Crippen molar-refractivity contribution < 1.29 is 0 Å². The summed E-state index contributed by atoms with van der Waals surface area (Å²) in [6.07, 6.45) is 0. The lowest BCUT2D eigenvalue weighted by Crippen LogP contribution is -1.97.